The van der Waals surface area contributed by atoms with Crippen LogP contribution in [0.15, 0.2) is 30.3 Å². The number of carbonyl (C=O) groups excluding carboxylic acids is 1. The number of nitrogens with one attached hydrogen (secondary N) is 2. The van der Waals surface area contributed by atoms with E-state index in [0.29, 0.717) is 0 Å². The maximum absolute atomic E-state index is 12.3. The van der Waals surface area contributed by atoms with Crippen LogP contribution >= 0.6 is 11.3 Å². The molecule has 3 rings (SSSR count). The number of hydrogen-bond donors (Lipinski definition) is 2. The Bertz CT molecular complexity index is 658. The van der Waals surface area contributed by atoms with Crippen molar-refractivity contribution in [3.63, 3.8) is 0 Å². The molecule has 0 radical (unpaired) electrons. The molecule has 1 aromatic heterocycles. The minimum absolute atomic E-state index is 0.0292. The molecule has 2 aromatic rings. The van der Waals surface area contributed by atoms with Gasteiger partial charge in [-0.15, -0.1) is 11.3 Å². The molecule has 22 heavy (non-hydrogen) atoms. The van der Waals surface area contributed by atoms with Gasteiger partial charge in [-0.05, 0) is 49.2 Å². The number of rotatable bonds is 4. The van der Waals surface area contributed by atoms with E-state index in [1.807, 2.05) is 30.3 Å². The highest BCUT2D eigenvalue weighted by atomic mass is 32.1. The summed E-state index contributed by atoms with van der Waals surface area (Å²) in [4.78, 5) is 14.3. The van der Waals surface area contributed by atoms with Crippen molar-refractivity contribution in [2.24, 2.45) is 0 Å². The summed E-state index contributed by atoms with van der Waals surface area (Å²) in [5.74, 6) is 0.866. The fraction of sp³-hybridized carbons (Fsp3) is 0.353. The van der Waals surface area contributed by atoms with Crippen molar-refractivity contribution < 1.29 is 9.53 Å². The van der Waals surface area contributed by atoms with E-state index in [-0.39, 0.29) is 11.9 Å². The predicted molar refractivity (Wildman–Crippen MR) is 89.8 cm³/mol. The zero-order valence-corrected chi connectivity index (χ0v) is 13.6. The quantitative estimate of drug-likeness (QED) is 0.912. The van der Waals surface area contributed by atoms with Crippen LogP contribution in [0.25, 0.3) is 11.1 Å². The van der Waals surface area contributed by atoms with Crippen LogP contribution in [0.1, 0.15) is 21.0 Å². The largest absolute Gasteiger partial charge is 0.497 e. The molecule has 1 fully saturated rings. The summed E-state index contributed by atoms with van der Waals surface area (Å²) < 4.78 is 5.19. The number of carbonyl (C=O) groups is 1. The van der Waals surface area contributed by atoms with Crippen LogP contribution in [0, 0.1) is 6.92 Å². The van der Waals surface area contributed by atoms with E-state index in [9.17, 15) is 4.79 Å². The third kappa shape index (κ3) is 3.15. The van der Waals surface area contributed by atoms with Gasteiger partial charge in [-0.3, -0.25) is 4.79 Å². The molecule has 1 unspecified atom stereocenters. The van der Waals surface area contributed by atoms with E-state index in [1.165, 1.54) is 0 Å². The summed E-state index contributed by atoms with van der Waals surface area (Å²) >= 11 is 1.55. The van der Waals surface area contributed by atoms with Crippen LogP contribution in [-0.2, 0) is 0 Å². The maximum Gasteiger partial charge on any atom is 0.261 e. The Labute approximate surface area is 134 Å². The first kappa shape index (κ1) is 15.1. The molecular weight excluding hydrogens is 296 g/mol. The zero-order valence-electron chi connectivity index (χ0n) is 12.8. The summed E-state index contributed by atoms with van der Waals surface area (Å²) in [5.41, 5.74) is 2.22. The van der Waals surface area contributed by atoms with E-state index in [4.69, 9.17) is 4.74 Å². The summed E-state index contributed by atoms with van der Waals surface area (Å²) in [6.07, 6.45) is 1.00. The Morgan fingerprint density at radius 2 is 2.14 bits per heavy atom. The normalized spacial score (nSPS) is 17.5. The molecule has 1 aliphatic heterocycles. The lowest BCUT2D eigenvalue weighted by Gasteiger charge is -2.09. The number of amides is 1. The van der Waals surface area contributed by atoms with E-state index < -0.39 is 0 Å². The third-order valence-corrected chi connectivity index (χ3v) is 4.99. The van der Waals surface area contributed by atoms with Gasteiger partial charge in [-0.1, -0.05) is 12.1 Å². The Morgan fingerprint density at radius 3 is 2.77 bits per heavy atom. The Balaban J connectivity index is 1.78. The SMILES string of the molecule is COc1ccc(-c2cc(C(=O)NC3CCNC3)sc2C)cc1. The fourth-order valence-corrected chi connectivity index (χ4v) is 3.63. The summed E-state index contributed by atoms with van der Waals surface area (Å²) in [6.45, 7) is 3.89. The number of hydrogen-bond acceptors (Lipinski definition) is 4. The third-order valence-electron chi connectivity index (χ3n) is 3.94. The van der Waals surface area contributed by atoms with E-state index in [0.717, 1.165) is 46.1 Å². The average Bonchev–Trinajstić information content (AvgIpc) is 3.17. The van der Waals surface area contributed by atoms with Crippen LogP contribution in [0.5, 0.6) is 5.75 Å². The second-order valence-electron chi connectivity index (χ2n) is 5.47. The van der Waals surface area contributed by atoms with Crippen molar-refractivity contribution in [1.82, 2.24) is 10.6 Å². The van der Waals surface area contributed by atoms with Crippen molar-refractivity contribution >= 4 is 17.2 Å². The molecule has 1 aromatic carbocycles. The highest BCUT2D eigenvalue weighted by Crippen LogP contribution is 2.32. The first-order valence-electron chi connectivity index (χ1n) is 7.44. The molecule has 2 N–H and O–H groups in total. The first-order valence-corrected chi connectivity index (χ1v) is 8.25. The van der Waals surface area contributed by atoms with Gasteiger partial charge < -0.3 is 15.4 Å². The van der Waals surface area contributed by atoms with Gasteiger partial charge in [0.15, 0.2) is 0 Å². The number of thiophene rings is 1. The smallest absolute Gasteiger partial charge is 0.261 e. The molecular formula is C17H20N2O2S. The van der Waals surface area contributed by atoms with E-state index in [2.05, 4.69) is 17.6 Å². The maximum atomic E-state index is 12.3. The zero-order chi connectivity index (χ0) is 15.5. The highest BCUT2D eigenvalue weighted by molar-refractivity contribution is 7.14. The summed E-state index contributed by atoms with van der Waals surface area (Å²) in [5, 5.41) is 6.35. The fourth-order valence-electron chi connectivity index (χ4n) is 2.69. The topological polar surface area (TPSA) is 50.4 Å². The lowest BCUT2D eigenvalue weighted by Crippen LogP contribution is -2.35. The van der Waals surface area contributed by atoms with Crippen molar-refractivity contribution in [2.75, 3.05) is 20.2 Å². The van der Waals surface area contributed by atoms with Gasteiger partial charge in [0, 0.05) is 17.5 Å². The van der Waals surface area contributed by atoms with Crippen molar-refractivity contribution in [2.45, 2.75) is 19.4 Å². The number of ether oxygens (including phenoxy) is 1. The molecule has 2 heterocycles. The lowest BCUT2D eigenvalue weighted by molar-refractivity contribution is 0.0944. The number of benzene rings is 1. The molecule has 1 saturated heterocycles. The Kier molecular flexibility index (Phi) is 4.45. The van der Waals surface area contributed by atoms with Gasteiger partial charge in [-0.2, -0.15) is 0 Å². The van der Waals surface area contributed by atoms with Gasteiger partial charge in [0.05, 0.1) is 12.0 Å². The van der Waals surface area contributed by atoms with Crippen molar-refractivity contribution in [3.8, 4) is 16.9 Å². The Hall–Kier alpha value is -1.85. The van der Waals surface area contributed by atoms with E-state index in [1.54, 1.807) is 18.4 Å². The second-order valence-corrected chi connectivity index (χ2v) is 6.73. The van der Waals surface area contributed by atoms with Gasteiger partial charge in [0.1, 0.15) is 5.75 Å². The minimum atomic E-state index is 0.0292. The van der Waals surface area contributed by atoms with Crippen molar-refractivity contribution in [1.29, 1.82) is 0 Å². The first-order chi connectivity index (χ1) is 10.7. The summed E-state index contributed by atoms with van der Waals surface area (Å²) in [7, 11) is 1.66. The monoisotopic (exact) mass is 316 g/mol. The molecule has 1 aliphatic rings. The lowest BCUT2D eigenvalue weighted by atomic mass is 10.1. The summed E-state index contributed by atoms with van der Waals surface area (Å²) in [6, 6.07) is 10.2. The van der Waals surface area contributed by atoms with Gasteiger partial charge >= 0.3 is 0 Å². The average molecular weight is 316 g/mol. The molecule has 1 atom stereocenters. The molecule has 0 aliphatic carbocycles. The minimum Gasteiger partial charge on any atom is -0.497 e. The number of aryl methyl sites for hydroxylation is 1. The molecule has 116 valence electrons. The van der Waals surface area contributed by atoms with Crippen LogP contribution in [0.4, 0.5) is 0 Å². The molecule has 1 amide bonds. The van der Waals surface area contributed by atoms with Crippen LogP contribution in [0.3, 0.4) is 0 Å². The highest BCUT2D eigenvalue weighted by Gasteiger charge is 2.19. The second kappa shape index (κ2) is 6.50. The number of methoxy groups -OCH3 is 1. The van der Waals surface area contributed by atoms with Crippen LogP contribution in [-0.4, -0.2) is 32.1 Å². The van der Waals surface area contributed by atoms with Crippen LogP contribution < -0.4 is 15.4 Å². The predicted octanol–water partition coefficient (Wildman–Crippen LogP) is 2.82. The van der Waals surface area contributed by atoms with Gasteiger partial charge in [0.25, 0.3) is 5.91 Å². The van der Waals surface area contributed by atoms with Crippen molar-refractivity contribution in [3.05, 3.63) is 40.1 Å². The molecule has 5 heteroatoms. The van der Waals surface area contributed by atoms with Gasteiger partial charge in [0.2, 0.25) is 0 Å². The Morgan fingerprint density at radius 1 is 1.36 bits per heavy atom. The van der Waals surface area contributed by atoms with E-state index >= 15 is 0 Å². The van der Waals surface area contributed by atoms with Gasteiger partial charge in [-0.25, -0.2) is 0 Å². The molecule has 4 nitrogen and oxygen atoms in total. The molecule has 0 spiro atoms. The molecule has 0 bridgehead atoms. The standard InChI is InChI=1S/C17H20N2O2S/c1-11-15(12-3-5-14(21-2)6-4-12)9-16(22-11)17(20)19-13-7-8-18-10-13/h3-6,9,13,18H,7-8,10H2,1-2H3,(H,19,20). The van der Waals surface area contributed by atoms with Crippen LogP contribution in [0.2, 0.25) is 0 Å². The molecule has 0 saturated carbocycles.